The van der Waals surface area contributed by atoms with Crippen molar-refractivity contribution in [3.63, 3.8) is 0 Å². The monoisotopic (exact) mass is 584 g/mol. The maximum Gasteiger partial charge on any atom is 0.349 e. The Labute approximate surface area is 236 Å². The Balaban J connectivity index is 1.42. The highest BCUT2D eigenvalue weighted by atomic mass is 33.1. The maximum absolute atomic E-state index is 17.3. The summed E-state index contributed by atoms with van der Waals surface area (Å²) in [5, 5.41) is 22.6. The van der Waals surface area contributed by atoms with E-state index in [1.807, 2.05) is 21.6 Å². The number of alkyl halides is 2. The van der Waals surface area contributed by atoms with E-state index in [-0.39, 0.29) is 31.3 Å². The van der Waals surface area contributed by atoms with Gasteiger partial charge < -0.3 is 14.9 Å². The summed E-state index contributed by atoms with van der Waals surface area (Å²) in [6.45, 7) is 4.85. The van der Waals surface area contributed by atoms with Crippen molar-refractivity contribution >= 4 is 39.3 Å². The molecule has 0 spiro atoms. The van der Waals surface area contributed by atoms with Crippen molar-refractivity contribution in [2.24, 2.45) is 28.6 Å². The van der Waals surface area contributed by atoms with Crippen molar-refractivity contribution < 1.29 is 38.1 Å². The first-order valence-electron chi connectivity index (χ1n) is 14.0. The summed E-state index contributed by atoms with van der Waals surface area (Å²) < 4.78 is 38.9. The molecule has 0 aromatic rings. The number of carbonyl (C=O) groups is 3. The molecule has 1 aliphatic heterocycles. The van der Waals surface area contributed by atoms with Crippen molar-refractivity contribution in [1.29, 1.82) is 0 Å². The van der Waals surface area contributed by atoms with Gasteiger partial charge >= 0.3 is 11.9 Å². The lowest BCUT2D eigenvalue weighted by Gasteiger charge is -2.62. The van der Waals surface area contributed by atoms with Crippen LogP contribution in [0.3, 0.4) is 0 Å². The van der Waals surface area contributed by atoms with Crippen LogP contribution in [-0.2, 0) is 19.1 Å². The number of rotatable bonds is 7. The molecule has 1 heterocycles. The number of allylic oxidation sites excluding steroid dienone is 4. The smallest absolute Gasteiger partial charge is 0.349 e. The number of carboxylic acids is 1. The highest BCUT2D eigenvalue weighted by Gasteiger charge is 2.78. The maximum atomic E-state index is 17.3. The molecule has 10 heteroatoms. The molecule has 0 radical (unpaired) electrons. The van der Waals surface area contributed by atoms with Crippen molar-refractivity contribution in [2.45, 2.75) is 101 Å². The van der Waals surface area contributed by atoms with E-state index in [0.717, 1.165) is 31.1 Å². The molecule has 0 aromatic carbocycles. The van der Waals surface area contributed by atoms with E-state index < -0.39 is 69.9 Å². The molecule has 5 rings (SSSR count). The van der Waals surface area contributed by atoms with Gasteiger partial charge in [0, 0.05) is 40.1 Å². The molecule has 5 aliphatic rings. The number of aliphatic hydroxyl groups excluding tert-OH is 1. The van der Waals surface area contributed by atoms with E-state index in [2.05, 4.69) is 0 Å². The average molecular weight is 585 g/mol. The number of fused-ring (bicyclic) bond motifs is 5. The van der Waals surface area contributed by atoms with Crippen molar-refractivity contribution in [3.05, 3.63) is 23.8 Å². The van der Waals surface area contributed by atoms with Crippen LogP contribution in [0, 0.1) is 28.6 Å². The first-order valence-corrected chi connectivity index (χ1v) is 16.4. The molecule has 4 aliphatic carbocycles. The zero-order chi connectivity index (χ0) is 28.4. The van der Waals surface area contributed by atoms with Crippen molar-refractivity contribution in [2.75, 3.05) is 5.75 Å². The predicted octanol–water partition coefficient (Wildman–Crippen LogP) is 5.63. The van der Waals surface area contributed by atoms with Crippen LogP contribution < -0.4 is 0 Å². The molecule has 0 aromatic heterocycles. The number of ketones is 1. The number of esters is 1. The molecule has 2 N–H and O–H groups in total. The molecule has 39 heavy (non-hydrogen) atoms. The highest BCUT2D eigenvalue weighted by molar-refractivity contribution is 8.77. The second kappa shape index (κ2) is 10.2. The van der Waals surface area contributed by atoms with Crippen molar-refractivity contribution in [1.82, 2.24) is 0 Å². The van der Waals surface area contributed by atoms with Gasteiger partial charge in [-0.25, -0.2) is 13.6 Å². The lowest BCUT2D eigenvalue weighted by Crippen LogP contribution is -2.71. The van der Waals surface area contributed by atoms with Crippen LogP contribution in [-0.4, -0.2) is 62.5 Å². The summed E-state index contributed by atoms with van der Waals surface area (Å²) in [6.07, 6.45) is 3.81. The zero-order valence-electron chi connectivity index (χ0n) is 22.7. The van der Waals surface area contributed by atoms with Crippen LogP contribution in [0.2, 0.25) is 0 Å². The normalized spacial score (nSPS) is 46.7. The third kappa shape index (κ3) is 4.17. The fraction of sp³-hybridized carbons (Fsp3) is 0.759. The zero-order valence-corrected chi connectivity index (χ0v) is 24.3. The lowest BCUT2D eigenvalue weighted by molar-refractivity contribution is -0.237. The fourth-order valence-electron chi connectivity index (χ4n) is 8.68. The first kappa shape index (κ1) is 29.1. The molecule has 6 nitrogen and oxygen atoms in total. The van der Waals surface area contributed by atoms with Crippen molar-refractivity contribution in [3.8, 4) is 0 Å². The summed E-state index contributed by atoms with van der Waals surface area (Å²) >= 11 is 0. The largest absolute Gasteiger partial charge is 0.478 e. The molecular formula is C29H38F2O6S2. The minimum absolute atomic E-state index is 0.0213. The number of aliphatic hydroxyl groups is 1. The van der Waals surface area contributed by atoms with E-state index in [4.69, 9.17) is 4.74 Å². The third-order valence-electron chi connectivity index (χ3n) is 10.6. The van der Waals surface area contributed by atoms with Gasteiger partial charge in [0.1, 0.15) is 6.17 Å². The Morgan fingerprint density at radius 1 is 1.21 bits per heavy atom. The van der Waals surface area contributed by atoms with Crippen LogP contribution in [0.1, 0.15) is 72.1 Å². The second-order valence-corrected chi connectivity index (χ2v) is 15.4. The van der Waals surface area contributed by atoms with Crippen LogP contribution >= 0.6 is 21.6 Å². The Bertz CT molecular complexity index is 1110. The topological polar surface area (TPSA) is 101 Å². The standard InChI is InChI=1S/C29H38F2O6S2/c1-16-12-19-20-14-22(30)21-13-17(32)8-10-26(21,2)28(20,31)23(33)15-27(19,3)29(16,25(35)36)37-24(34)7-5-4-6-18-9-11-38-39-18/h8,10,13,16,18-20,22-23,33H,4-7,9,11-12,14-15H2,1-3H3,(H,35,36)/t16-,18-,19+,20+,22+,23+,26+,27+,28+,29+/m1/s1. The molecule has 4 fully saturated rings. The van der Waals surface area contributed by atoms with Gasteiger partial charge in [0.25, 0.3) is 0 Å². The number of aliphatic carboxylic acids is 1. The molecule has 0 amide bonds. The Morgan fingerprint density at radius 3 is 2.62 bits per heavy atom. The number of ether oxygens (including phenoxy) is 1. The van der Waals surface area contributed by atoms with E-state index in [0.29, 0.717) is 11.7 Å². The number of carbonyl (C=O) groups excluding carboxylic acids is 2. The van der Waals surface area contributed by atoms with Crippen LogP contribution in [0.4, 0.5) is 8.78 Å². The second-order valence-electron chi connectivity index (χ2n) is 12.6. The highest BCUT2D eigenvalue weighted by Crippen LogP contribution is 2.71. The van der Waals surface area contributed by atoms with Gasteiger partial charge in [-0.05, 0) is 69.1 Å². The van der Waals surface area contributed by atoms with Gasteiger partial charge in [0.2, 0.25) is 5.60 Å². The van der Waals surface area contributed by atoms with E-state index in [9.17, 15) is 24.6 Å². The molecule has 216 valence electrons. The number of hydrogen-bond donors (Lipinski definition) is 2. The van der Waals surface area contributed by atoms with Gasteiger partial charge in [0.15, 0.2) is 11.5 Å². The molecule has 0 unspecified atom stereocenters. The summed E-state index contributed by atoms with van der Waals surface area (Å²) in [6, 6.07) is 0. The summed E-state index contributed by atoms with van der Waals surface area (Å²) in [4.78, 5) is 38.1. The van der Waals surface area contributed by atoms with E-state index >= 15 is 8.78 Å². The fourth-order valence-corrected chi connectivity index (χ4v) is 11.7. The van der Waals surface area contributed by atoms with Crippen LogP contribution in [0.5, 0.6) is 0 Å². The first-order chi connectivity index (χ1) is 18.3. The van der Waals surface area contributed by atoms with E-state index in [1.54, 1.807) is 13.8 Å². The quantitative estimate of drug-likeness (QED) is 0.226. The molecule has 3 saturated carbocycles. The SMILES string of the molecule is C[C@@H]1C[C@H]2[C@@H]3C[C@H](F)C4=CC(=O)C=C[C@]4(C)[C@@]3(F)[C@@H](O)C[C@]2(C)[C@@]1(OC(=O)CCCC[C@@H]1CCSS1)C(=O)O. The number of halogens is 2. The number of unbranched alkanes of at least 4 members (excludes halogenated alkanes) is 1. The Hall–Kier alpha value is -1.39. The Kier molecular flexibility index (Phi) is 7.58. The van der Waals surface area contributed by atoms with Crippen LogP contribution in [0.25, 0.3) is 0 Å². The van der Waals surface area contributed by atoms with Gasteiger partial charge in [0.05, 0.1) is 6.10 Å². The van der Waals surface area contributed by atoms with Gasteiger partial charge in [-0.1, -0.05) is 47.9 Å². The Morgan fingerprint density at radius 2 is 1.95 bits per heavy atom. The van der Waals surface area contributed by atoms with E-state index in [1.165, 1.54) is 19.1 Å². The summed E-state index contributed by atoms with van der Waals surface area (Å²) in [5.74, 6) is -3.54. The average Bonchev–Trinajstić information content (AvgIpc) is 3.46. The van der Waals surface area contributed by atoms with Crippen LogP contribution in [0.15, 0.2) is 23.8 Å². The molecule has 0 bridgehead atoms. The molecule has 10 atom stereocenters. The summed E-state index contributed by atoms with van der Waals surface area (Å²) in [7, 11) is 3.74. The molecule has 1 saturated heterocycles. The summed E-state index contributed by atoms with van der Waals surface area (Å²) in [5.41, 5.74) is -7.10. The predicted molar refractivity (Wildman–Crippen MR) is 147 cm³/mol. The van der Waals surface area contributed by atoms with Gasteiger partial charge in [-0.15, -0.1) is 0 Å². The minimum atomic E-state index is -2.31. The van der Waals surface area contributed by atoms with Gasteiger partial charge in [-0.3, -0.25) is 9.59 Å². The molecular weight excluding hydrogens is 546 g/mol. The number of hydrogen-bond acceptors (Lipinski definition) is 7. The number of carboxylic acid groups (broad SMARTS) is 1. The minimum Gasteiger partial charge on any atom is -0.478 e. The third-order valence-corrected chi connectivity index (χ3v) is 13.7. The van der Waals surface area contributed by atoms with Gasteiger partial charge in [-0.2, -0.15) is 0 Å². The lowest BCUT2D eigenvalue weighted by atomic mass is 9.44.